The van der Waals surface area contributed by atoms with E-state index in [1.54, 1.807) is 12.4 Å². The summed E-state index contributed by atoms with van der Waals surface area (Å²) < 4.78 is 5.72. The van der Waals surface area contributed by atoms with Crippen LogP contribution in [0.5, 0.6) is 11.6 Å². The van der Waals surface area contributed by atoms with Gasteiger partial charge in [-0.3, -0.25) is 4.98 Å². The van der Waals surface area contributed by atoms with Gasteiger partial charge in [0.1, 0.15) is 5.75 Å². The summed E-state index contributed by atoms with van der Waals surface area (Å²) >= 11 is 0. The van der Waals surface area contributed by atoms with Crippen molar-refractivity contribution in [1.82, 2.24) is 15.3 Å². The predicted molar refractivity (Wildman–Crippen MR) is 79.9 cm³/mol. The molecule has 0 bridgehead atoms. The number of pyridine rings is 2. The number of aryl methyl sites for hydroxylation is 1. The molecule has 2 aromatic heterocycles. The van der Waals surface area contributed by atoms with Gasteiger partial charge < -0.3 is 10.1 Å². The van der Waals surface area contributed by atoms with Gasteiger partial charge in [0.25, 0.3) is 0 Å². The van der Waals surface area contributed by atoms with E-state index in [1.807, 2.05) is 25.3 Å². The molecule has 106 valence electrons. The standard InChI is InChI=1S/C16H21N3O/c1-12-8-13(10-19-16(2,3)4)9-18-15(12)20-14-6-5-7-17-11-14/h5-9,11,19H,10H2,1-4H3. The third-order valence-corrected chi connectivity index (χ3v) is 2.76. The van der Waals surface area contributed by atoms with Gasteiger partial charge in [-0.25, -0.2) is 4.98 Å². The Morgan fingerprint density at radius 2 is 2.05 bits per heavy atom. The molecule has 0 radical (unpaired) electrons. The van der Waals surface area contributed by atoms with Gasteiger partial charge >= 0.3 is 0 Å². The number of hydrogen-bond donors (Lipinski definition) is 1. The van der Waals surface area contributed by atoms with Gasteiger partial charge in [0.2, 0.25) is 5.88 Å². The molecule has 0 atom stereocenters. The molecule has 2 rings (SSSR count). The maximum Gasteiger partial charge on any atom is 0.222 e. The van der Waals surface area contributed by atoms with Crippen LogP contribution in [0.15, 0.2) is 36.8 Å². The van der Waals surface area contributed by atoms with Crippen molar-refractivity contribution in [2.75, 3.05) is 0 Å². The van der Waals surface area contributed by atoms with Crippen molar-refractivity contribution >= 4 is 0 Å². The Bertz CT molecular complexity index is 562. The quantitative estimate of drug-likeness (QED) is 0.925. The van der Waals surface area contributed by atoms with E-state index in [2.05, 4.69) is 42.1 Å². The van der Waals surface area contributed by atoms with E-state index >= 15 is 0 Å². The van der Waals surface area contributed by atoms with Crippen molar-refractivity contribution in [2.24, 2.45) is 0 Å². The van der Waals surface area contributed by atoms with Gasteiger partial charge in [-0.1, -0.05) is 0 Å². The van der Waals surface area contributed by atoms with E-state index in [4.69, 9.17) is 4.74 Å². The van der Waals surface area contributed by atoms with E-state index < -0.39 is 0 Å². The minimum absolute atomic E-state index is 0.0960. The summed E-state index contributed by atoms with van der Waals surface area (Å²) in [7, 11) is 0. The Labute approximate surface area is 120 Å². The monoisotopic (exact) mass is 271 g/mol. The van der Waals surface area contributed by atoms with Crippen molar-refractivity contribution in [3.05, 3.63) is 47.9 Å². The number of nitrogens with one attached hydrogen (secondary N) is 1. The summed E-state index contributed by atoms with van der Waals surface area (Å²) in [5, 5.41) is 3.44. The molecule has 20 heavy (non-hydrogen) atoms. The second-order valence-corrected chi connectivity index (χ2v) is 5.86. The Kier molecular flexibility index (Phi) is 4.35. The molecule has 0 aliphatic rings. The van der Waals surface area contributed by atoms with Crippen LogP contribution in [0, 0.1) is 6.92 Å². The fourth-order valence-electron chi connectivity index (χ4n) is 1.71. The first-order valence-electron chi connectivity index (χ1n) is 6.72. The second-order valence-electron chi connectivity index (χ2n) is 5.86. The van der Waals surface area contributed by atoms with Crippen LogP contribution in [0.4, 0.5) is 0 Å². The molecule has 0 aliphatic carbocycles. The van der Waals surface area contributed by atoms with Gasteiger partial charge in [-0.2, -0.15) is 0 Å². The number of rotatable bonds is 4. The molecular formula is C16H21N3O. The van der Waals surface area contributed by atoms with Crippen LogP contribution in [0.25, 0.3) is 0 Å². The zero-order valence-corrected chi connectivity index (χ0v) is 12.5. The maximum atomic E-state index is 5.72. The first-order chi connectivity index (χ1) is 9.44. The zero-order chi connectivity index (χ0) is 14.6. The van der Waals surface area contributed by atoms with Crippen molar-refractivity contribution in [2.45, 2.75) is 39.8 Å². The lowest BCUT2D eigenvalue weighted by molar-refractivity contribution is 0.422. The number of ether oxygens (including phenoxy) is 1. The minimum atomic E-state index is 0.0960. The SMILES string of the molecule is Cc1cc(CNC(C)(C)C)cnc1Oc1cccnc1. The summed E-state index contributed by atoms with van der Waals surface area (Å²) in [5.41, 5.74) is 2.26. The van der Waals surface area contributed by atoms with Gasteiger partial charge in [0, 0.05) is 30.0 Å². The highest BCUT2D eigenvalue weighted by molar-refractivity contribution is 5.32. The Balaban J connectivity index is 2.06. The second kappa shape index (κ2) is 6.01. The normalized spacial score (nSPS) is 11.4. The van der Waals surface area contributed by atoms with E-state index in [1.165, 1.54) is 0 Å². The molecule has 0 unspecified atom stereocenters. The van der Waals surface area contributed by atoms with E-state index in [9.17, 15) is 0 Å². The highest BCUT2D eigenvalue weighted by Crippen LogP contribution is 2.22. The van der Waals surface area contributed by atoms with Crippen LogP contribution in [0.2, 0.25) is 0 Å². The molecule has 0 aromatic carbocycles. The molecule has 4 heteroatoms. The van der Waals surface area contributed by atoms with E-state index in [0.29, 0.717) is 11.6 Å². The fourth-order valence-corrected chi connectivity index (χ4v) is 1.71. The van der Waals surface area contributed by atoms with Crippen molar-refractivity contribution in [3.63, 3.8) is 0 Å². The Hall–Kier alpha value is -1.94. The van der Waals surface area contributed by atoms with Crippen LogP contribution in [-0.4, -0.2) is 15.5 Å². The summed E-state index contributed by atoms with van der Waals surface area (Å²) in [5.74, 6) is 1.32. The van der Waals surface area contributed by atoms with Crippen LogP contribution in [0.3, 0.4) is 0 Å². The van der Waals surface area contributed by atoms with Crippen LogP contribution in [-0.2, 0) is 6.54 Å². The molecular weight excluding hydrogens is 250 g/mol. The summed E-state index contributed by atoms with van der Waals surface area (Å²) in [4.78, 5) is 8.41. The topological polar surface area (TPSA) is 47.0 Å². The average molecular weight is 271 g/mol. The smallest absolute Gasteiger partial charge is 0.222 e. The molecule has 0 spiro atoms. The molecule has 0 fully saturated rings. The molecule has 0 aliphatic heterocycles. The molecule has 4 nitrogen and oxygen atoms in total. The van der Waals surface area contributed by atoms with Gasteiger partial charge in [-0.05, 0) is 51.5 Å². The molecule has 2 heterocycles. The lowest BCUT2D eigenvalue weighted by Gasteiger charge is -2.20. The molecule has 2 aromatic rings. The highest BCUT2D eigenvalue weighted by atomic mass is 16.5. The minimum Gasteiger partial charge on any atom is -0.437 e. The summed E-state index contributed by atoms with van der Waals surface area (Å²) in [6, 6.07) is 5.80. The number of aromatic nitrogens is 2. The third-order valence-electron chi connectivity index (χ3n) is 2.76. The molecule has 0 saturated carbocycles. The first-order valence-corrected chi connectivity index (χ1v) is 6.72. The van der Waals surface area contributed by atoms with Crippen LogP contribution in [0.1, 0.15) is 31.9 Å². The highest BCUT2D eigenvalue weighted by Gasteiger charge is 2.10. The molecule has 0 amide bonds. The molecule has 0 saturated heterocycles. The Morgan fingerprint density at radius 1 is 1.25 bits per heavy atom. The zero-order valence-electron chi connectivity index (χ0n) is 12.5. The third kappa shape index (κ3) is 4.31. The van der Waals surface area contributed by atoms with E-state index in [-0.39, 0.29) is 5.54 Å². The summed E-state index contributed by atoms with van der Waals surface area (Å²) in [6.45, 7) is 9.23. The lowest BCUT2D eigenvalue weighted by atomic mass is 10.1. The average Bonchev–Trinajstić information content (AvgIpc) is 2.40. The number of nitrogens with zero attached hydrogens (tertiary/aromatic N) is 2. The maximum absolute atomic E-state index is 5.72. The van der Waals surface area contributed by atoms with Gasteiger partial charge in [-0.15, -0.1) is 0 Å². The fraction of sp³-hybridized carbons (Fsp3) is 0.375. The van der Waals surface area contributed by atoms with Crippen LogP contribution < -0.4 is 10.1 Å². The van der Waals surface area contributed by atoms with Gasteiger partial charge in [0.05, 0.1) is 6.20 Å². The lowest BCUT2D eigenvalue weighted by Crippen LogP contribution is -2.35. The van der Waals surface area contributed by atoms with Crippen molar-refractivity contribution in [3.8, 4) is 11.6 Å². The van der Waals surface area contributed by atoms with Crippen LogP contribution >= 0.6 is 0 Å². The van der Waals surface area contributed by atoms with Gasteiger partial charge in [0.15, 0.2) is 0 Å². The summed E-state index contributed by atoms with van der Waals surface area (Å²) in [6.07, 6.45) is 5.24. The first kappa shape index (κ1) is 14.5. The van der Waals surface area contributed by atoms with Crippen molar-refractivity contribution in [1.29, 1.82) is 0 Å². The largest absolute Gasteiger partial charge is 0.437 e. The van der Waals surface area contributed by atoms with Crippen molar-refractivity contribution < 1.29 is 4.74 Å². The number of hydrogen-bond acceptors (Lipinski definition) is 4. The predicted octanol–water partition coefficient (Wildman–Crippen LogP) is 3.47. The van der Waals surface area contributed by atoms with E-state index in [0.717, 1.165) is 17.7 Å². The molecule has 1 N–H and O–H groups in total. The Morgan fingerprint density at radius 3 is 2.65 bits per heavy atom.